The van der Waals surface area contributed by atoms with E-state index in [2.05, 4.69) is 15.5 Å². The van der Waals surface area contributed by atoms with Crippen molar-refractivity contribution in [1.29, 1.82) is 0 Å². The lowest BCUT2D eigenvalue weighted by atomic mass is 9.66. The number of aliphatic hydroxyl groups excluding tert-OH is 1. The SMILES string of the molecule is CCC(=O)N1CCN(C2NCNC3CC(C4CCCCC4O)C(Cl)CC32)CC1. The fourth-order valence-electron chi connectivity index (χ4n) is 6.20. The van der Waals surface area contributed by atoms with E-state index in [1.165, 1.54) is 6.42 Å². The van der Waals surface area contributed by atoms with Gasteiger partial charge in [-0.2, -0.15) is 0 Å². The summed E-state index contributed by atoms with van der Waals surface area (Å²) in [6.45, 7) is 6.30. The van der Waals surface area contributed by atoms with Crippen LogP contribution in [-0.2, 0) is 4.79 Å². The maximum atomic E-state index is 12.0. The number of nitrogens with zero attached hydrogens (tertiary/aromatic N) is 2. The Kier molecular flexibility index (Phi) is 6.83. The van der Waals surface area contributed by atoms with Crippen molar-refractivity contribution >= 4 is 17.5 Å². The number of piperazine rings is 1. The minimum atomic E-state index is -0.168. The van der Waals surface area contributed by atoms with Crippen LogP contribution in [0.15, 0.2) is 0 Å². The number of alkyl halides is 1. The van der Waals surface area contributed by atoms with Crippen LogP contribution < -0.4 is 10.6 Å². The number of carbonyl (C=O) groups excluding carboxylic acids is 1. The molecule has 1 amide bonds. The predicted molar refractivity (Wildman–Crippen MR) is 111 cm³/mol. The van der Waals surface area contributed by atoms with Crippen LogP contribution in [0.3, 0.4) is 0 Å². The molecule has 0 bridgehead atoms. The van der Waals surface area contributed by atoms with Crippen molar-refractivity contribution in [3.8, 4) is 0 Å². The molecule has 0 radical (unpaired) electrons. The molecule has 2 saturated heterocycles. The fraction of sp³-hybridized carbons (Fsp3) is 0.952. The van der Waals surface area contributed by atoms with Crippen LogP contribution in [0, 0.1) is 17.8 Å². The molecule has 7 atom stereocenters. The largest absolute Gasteiger partial charge is 0.393 e. The Labute approximate surface area is 174 Å². The number of hydrogen-bond donors (Lipinski definition) is 3. The predicted octanol–water partition coefficient (Wildman–Crippen LogP) is 1.57. The summed E-state index contributed by atoms with van der Waals surface area (Å²) in [6, 6.07) is 0.468. The lowest BCUT2D eigenvalue weighted by Crippen LogP contribution is -2.68. The van der Waals surface area contributed by atoms with Crippen LogP contribution in [0.4, 0.5) is 0 Å². The van der Waals surface area contributed by atoms with Crippen molar-refractivity contribution < 1.29 is 9.90 Å². The van der Waals surface area contributed by atoms with E-state index in [1.807, 2.05) is 11.8 Å². The van der Waals surface area contributed by atoms with E-state index >= 15 is 0 Å². The third-order valence-corrected chi connectivity index (χ3v) is 8.28. The minimum Gasteiger partial charge on any atom is -0.393 e. The number of carbonyl (C=O) groups is 1. The van der Waals surface area contributed by atoms with Gasteiger partial charge in [0.25, 0.3) is 0 Å². The number of nitrogens with one attached hydrogen (secondary N) is 2. The summed E-state index contributed by atoms with van der Waals surface area (Å²) in [6.07, 6.45) is 7.29. The Balaban J connectivity index is 1.38. The van der Waals surface area contributed by atoms with Gasteiger partial charge in [-0.05, 0) is 37.5 Å². The van der Waals surface area contributed by atoms with Gasteiger partial charge in [0.15, 0.2) is 0 Å². The van der Waals surface area contributed by atoms with Crippen LogP contribution in [-0.4, -0.2) is 77.3 Å². The number of rotatable bonds is 3. The second-order valence-electron chi connectivity index (χ2n) is 9.24. The molecule has 0 aromatic carbocycles. The van der Waals surface area contributed by atoms with E-state index in [9.17, 15) is 9.90 Å². The third-order valence-electron chi connectivity index (χ3n) is 7.78. The first-order valence-electron chi connectivity index (χ1n) is 11.4. The van der Waals surface area contributed by atoms with Gasteiger partial charge in [-0.1, -0.05) is 19.8 Å². The van der Waals surface area contributed by atoms with Crippen LogP contribution in [0.1, 0.15) is 51.9 Å². The van der Waals surface area contributed by atoms with E-state index in [-0.39, 0.29) is 17.4 Å². The monoisotopic (exact) mass is 412 g/mol. The summed E-state index contributed by atoms with van der Waals surface area (Å²) in [5.41, 5.74) is 0. The molecule has 160 valence electrons. The van der Waals surface area contributed by atoms with Gasteiger partial charge in [-0.3, -0.25) is 15.0 Å². The van der Waals surface area contributed by atoms with Crippen molar-refractivity contribution in [2.24, 2.45) is 17.8 Å². The van der Waals surface area contributed by atoms with Crippen molar-refractivity contribution in [3.05, 3.63) is 0 Å². The molecule has 4 aliphatic rings. The Morgan fingerprint density at radius 2 is 1.79 bits per heavy atom. The number of aliphatic hydroxyl groups is 1. The average molecular weight is 413 g/mol. The molecular weight excluding hydrogens is 376 g/mol. The zero-order valence-corrected chi connectivity index (χ0v) is 17.9. The van der Waals surface area contributed by atoms with Crippen molar-refractivity contribution in [2.45, 2.75) is 75.6 Å². The summed E-state index contributed by atoms with van der Waals surface area (Å²) in [5.74, 6) is 1.55. The highest BCUT2D eigenvalue weighted by Gasteiger charge is 2.47. The van der Waals surface area contributed by atoms with Gasteiger partial charge in [0, 0.05) is 56.6 Å². The highest BCUT2D eigenvalue weighted by molar-refractivity contribution is 6.20. The summed E-state index contributed by atoms with van der Waals surface area (Å²) in [7, 11) is 0. The molecule has 4 rings (SSSR count). The van der Waals surface area contributed by atoms with E-state index in [1.54, 1.807) is 0 Å². The lowest BCUT2D eigenvalue weighted by molar-refractivity contribution is -0.133. The van der Waals surface area contributed by atoms with Crippen LogP contribution >= 0.6 is 11.6 Å². The molecule has 2 saturated carbocycles. The quantitative estimate of drug-likeness (QED) is 0.614. The summed E-state index contributed by atoms with van der Waals surface area (Å²) in [4.78, 5) is 16.5. The van der Waals surface area contributed by atoms with Crippen molar-refractivity contribution in [3.63, 3.8) is 0 Å². The number of fused-ring (bicyclic) bond motifs is 1. The van der Waals surface area contributed by atoms with Gasteiger partial charge in [0.2, 0.25) is 5.91 Å². The molecule has 28 heavy (non-hydrogen) atoms. The van der Waals surface area contributed by atoms with Gasteiger partial charge in [-0.15, -0.1) is 11.6 Å². The number of amides is 1. The van der Waals surface area contributed by atoms with E-state index < -0.39 is 0 Å². The Hall–Kier alpha value is -0.400. The Morgan fingerprint density at radius 1 is 1.04 bits per heavy atom. The highest BCUT2D eigenvalue weighted by Crippen LogP contribution is 2.44. The molecule has 7 heteroatoms. The highest BCUT2D eigenvalue weighted by atomic mass is 35.5. The second kappa shape index (κ2) is 9.17. The zero-order chi connectivity index (χ0) is 19.7. The molecule has 2 aliphatic carbocycles. The summed E-state index contributed by atoms with van der Waals surface area (Å²) in [5, 5.41) is 18.1. The van der Waals surface area contributed by atoms with Gasteiger partial charge in [0.1, 0.15) is 0 Å². The number of hydrogen-bond acceptors (Lipinski definition) is 5. The molecule has 6 nitrogen and oxygen atoms in total. The Bertz CT molecular complexity index is 542. The zero-order valence-electron chi connectivity index (χ0n) is 17.2. The number of halogens is 1. The van der Waals surface area contributed by atoms with Crippen LogP contribution in [0.5, 0.6) is 0 Å². The normalized spacial score (nSPS) is 42.8. The molecule has 7 unspecified atom stereocenters. The summed E-state index contributed by atoms with van der Waals surface area (Å²) >= 11 is 6.95. The molecular formula is C21H37ClN4O2. The molecule has 3 N–H and O–H groups in total. The van der Waals surface area contributed by atoms with Crippen LogP contribution in [0.2, 0.25) is 0 Å². The van der Waals surface area contributed by atoms with Gasteiger partial charge in [-0.25, -0.2) is 0 Å². The standard InChI is InChI=1S/C21H37ClN4O2/c1-2-20(28)25-7-9-26(10-8-25)21-16-11-17(22)15(12-18(16)23-13-24-21)14-5-3-4-6-19(14)27/h14-19,21,23-24,27H,2-13H2,1H3. The molecule has 2 heterocycles. The Morgan fingerprint density at radius 3 is 2.50 bits per heavy atom. The first-order valence-corrected chi connectivity index (χ1v) is 11.8. The van der Waals surface area contributed by atoms with E-state index in [4.69, 9.17) is 11.6 Å². The topological polar surface area (TPSA) is 67.8 Å². The summed E-state index contributed by atoms with van der Waals surface area (Å²) < 4.78 is 0. The van der Waals surface area contributed by atoms with Crippen LogP contribution in [0.25, 0.3) is 0 Å². The van der Waals surface area contributed by atoms with Crippen molar-refractivity contribution in [1.82, 2.24) is 20.4 Å². The smallest absolute Gasteiger partial charge is 0.222 e. The first kappa shape index (κ1) is 20.9. The van der Waals surface area contributed by atoms with Gasteiger partial charge in [0.05, 0.1) is 12.3 Å². The molecule has 2 aliphatic heterocycles. The molecule has 0 aromatic rings. The average Bonchev–Trinajstić information content (AvgIpc) is 2.73. The molecule has 0 spiro atoms. The maximum absolute atomic E-state index is 12.0. The van der Waals surface area contributed by atoms with E-state index in [0.717, 1.165) is 65.0 Å². The van der Waals surface area contributed by atoms with Crippen molar-refractivity contribution in [2.75, 3.05) is 32.8 Å². The third kappa shape index (κ3) is 4.22. The van der Waals surface area contributed by atoms with E-state index in [0.29, 0.717) is 36.4 Å². The second-order valence-corrected chi connectivity index (χ2v) is 9.80. The fourth-order valence-corrected chi connectivity index (χ4v) is 6.70. The maximum Gasteiger partial charge on any atom is 0.222 e. The molecule has 4 fully saturated rings. The molecule has 0 aromatic heterocycles. The van der Waals surface area contributed by atoms with Gasteiger partial charge >= 0.3 is 0 Å². The first-order chi connectivity index (χ1) is 13.6. The lowest BCUT2D eigenvalue weighted by Gasteiger charge is -2.53. The van der Waals surface area contributed by atoms with Gasteiger partial charge < -0.3 is 15.3 Å². The minimum absolute atomic E-state index is 0.145.